The minimum Gasteiger partial charge on any atom is -0.390 e. The molecular weight excluding hydrogens is 256 g/mol. The molecule has 0 radical (unpaired) electrons. The zero-order chi connectivity index (χ0) is 14.7. The molecule has 0 aromatic rings. The Labute approximate surface area is 111 Å². The standard InChI is InChI=1S/C12H22O7/c1-3-6(13)10(16)7(14)4-8-11(17)12(18)9(15)5(2)19-8/h5,7-12,14-18H,3-4H2,1-2H3/t5-,7-,8-,9+,10+,11?,12?/m0/s1. The van der Waals surface area contributed by atoms with E-state index in [1.165, 1.54) is 6.92 Å². The molecule has 112 valence electrons. The minimum atomic E-state index is -1.54. The molecule has 1 aliphatic heterocycles. The van der Waals surface area contributed by atoms with E-state index in [4.69, 9.17) is 4.74 Å². The molecule has 0 aromatic carbocycles. The lowest BCUT2D eigenvalue weighted by atomic mass is 9.91. The highest BCUT2D eigenvalue weighted by Gasteiger charge is 2.43. The summed E-state index contributed by atoms with van der Waals surface area (Å²) in [6, 6.07) is 0. The predicted octanol–water partition coefficient (Wildman–Crippen LogP) is -2.05. The molecular formula is C12H22O7. The molecule has 1 fully saturated rings. The Balaban J connectivity index is 2.63. The highest BCUT2D eigenvalue weighted by atomic mass is 16.5. The van der Waals surface area contributed by atoms with Crippen molar-refractivity contribution in [3.05, 3.63) is 0 Å². The average Bonchev–Trinajstić information content (AvgIpc) is 2.40. The van der Waals surface area contributed by atoms with Gasteiger partial charge in [-0.15, -0.1) is 0 Å². The van der Waals surface area contributed by atoms with E-state index in [1.54, 1.807) is 6.92 Å². The first kappa shape index (κ1) is 16.5. The second-order valence-corrected chi connectivity index (χ2v) is 4.92. The molecule has 1 heterocycles. The zero-order valence-corrected chi connectivity index (χ0v) is 11.0. The first-order valence-electron chi connectivity index (χ1n) is 6.38. The van der Waals surface area contributed by atoms with Gasteiger partial charge < -0.3 is 30.3 Å². The van der Waals surface area contributed by atoms with Gasteiger partial charge in [0.15, 0.2) is 5.78 Å². The third-order valence-electron chi connectivity index (χ3n) is 3.47. The second-order valence-electron chi connectivity index (χ2n) is 4.92. The summed E-state index contributed by atoms with van der Waals surface area (Å²) in [5.41, 5.74) is 0. The van der Waals surface area contributed by atoms with Gasteiger partial charge in [-0.25, -0.2) is 0 Å². The number of aliphatic hydroxyl groups excluding tert-OH is 5. The van der Waals surface area contributed by atoms with Crippen molar-refractivity contribution in [1.29, 1.82) is 0 Å². The van der Waals surface area contributed by atoms with Gasteiger partial charge in [-0.3, -0.25) is 4.79 Å². The quantitative estimate of drug-likeness (QED) is 0.391. The molecule has 0 aliphatic carbocycles. The van der Waals surface area contributed by atoms with Gasteiger partial charge in [0.05, 0.1) is 18.3 Å². The normalized spacial score (nSPS) is 38.8. The topological polar surface area (TPSA) is 127 Å². The molecule has 0 aromatic heterocycles. The van der Waals surface area contributed by atoms with E-state index in [2.05, 4.69) is 0 Å². The fourth-order valence-electron chi connectivity index (χ4n) is 2.12. The summed E-state index contributed by atoms with van der Waals surface area (Å²) in [4.78, 5) is 11.3. The van der Waals surface area contributed by atoms with Crippen molar-refractivity contribution in [1.82, 2.24) is 0 Å². The van der Waals surface area contributed by atoms with Gasteiger partial charge >= 0.3 is 0 Å². The summed E-state index contributed by atoms with van der Waals surface area (Å²) >= 11 is 0. The number of rotatable bonds is 5. The largest absolute Gasteiger partial charge is 0.390 e. The summed E-state index contributed by atoms with van der Waals surface area (Å²) in [7, 11) is 0. The number of carbonyl (C=O) groups excluding carboxylic acids is 1. The van der Waals surface area contributed by atoms with E-state index in [1.807, 2.05) is 0 Å². The Morgan fingerprint density at radius 1 is 1.16 bits per heavy atom. The Bertz CT molecular complexity index is 308. The summed E-state index contributed by atoms with van der Waals surface area (Å²) < 4.78 is 5.27. The lowest BCUT2D eigenvalue weighted by molar-refractivity contribution is -0.224. The molecule has 1 saturated heterocycles. The van der Waals surface area contributed by atoms with E-state index in [0.29, 0.717) is 0 Å². The van der Waals surface area contributed by atoms with Crippen molar-refractivity contribution in [3.63, 3.8) is 0 Å². The third kappa shape index (κ3) is 3.71. The number of hydrogen-bond acceptors (Lipinski definition) is 7. The van der Waals surface area contributed by atoms with Crippen LogP contribution >= 0.6 is 0 Å². The second kappa shape index (κ2) is 6.74. The maximum Gasteiger partial charge on any atom is 0.163 e. The van der Waals surface area contributed by atoms with Gasteiger partial charge in [-0.05, 0) is 6.92 Å². The Kier molecular flexibility index (Phi) is 5.84. The lowest BCUT2D eigenvalue weighted by Gasteiger charge is -2.40. The van der Waals surface area contributed by atoms with Gasteiger partial charge in [-0.2, -0.15) is 0 Å². The van der Waals surface area contributed by atoms with Gasteiger partial charge in [-0.1, -0.05) is 6.92 Å². The molecule has 0 bridgehead atoms. The molecule has 0 saturated carbocycles. The van der Waals surface area contributed by atoms with Crippen LogP contribution in [0.4, 0.5) is 0 Å². The van der Waals surface area contributed by atoms with Crippen molar-refractivity contribution in [3.8, 4) is 0 Å². The molecule has 7 atom stereocenters. The summed E-state index contributed by atoms with van der Waals surface area (Å²) in [5, 5.41) is 48.1. The van der Waals surface area contributed by atoms with Gasteiger partial charge in [0.1, 0.15) is 24.4 Å². The molecule has 7 heteroatoms. The van der Waals surface area contributed by atoms with Gasteiger partial charge in [0.2, 0.25) is 0 Å². The van der Waals surface area contributed by atoms with Crippen LogP contribution in [0.3, 0.4) is 0 Å². The fourth-order valence-corrected chi connectivity index (χ4v) is 2.12. The first-order chi connectivity index (χ1) is 8.79. The van der Waals surface area contributed by atoms with Crippen molar-refractivity contribution in [2.75, 3.05) is 0 Å². The van der Waals surface area contributed by atoms with Crippen LogP contribution in [0.1, 0.15) is 26.7 Å². The molecule has 19 heavy (non-hydrogen) atoms. The molecule has 0 amide bonds. The number of aliphatic hydroxyl groups is 5. The van der Waals surface area contributed by atoms with E-state index >= 15 is 0 Å². The molecule has 1 rings (SSSR count). The minimum absolute atomic E-state index is 0.0873. The van der Waals surface area contributed by atoms with Crippen molar-refractivity contribution >= 4 is 5.78 Å². The van der Waals surface area contributed by atoms with E-state index in [0.717, 1.165) is 0 Å². The van der Waals surface area contributed by atoms with Crippen LogP contribution in [0.15, 0.2) is 0 Å². The molecule has 7 nitrogen and oxygen atoms in total. The van der Waals surface area contributed by atoms with Crippen LogP contribution in [-0.4, -0.2) is 74.0 Å². The number of hydrogen-bond donors (Lipinski definition) is 5. The predicted molar refractivity (Wildman–Crippen MR) is 64.3 cm³/mol. The van der Waals surface area contributed by atoms with Gasteiger partial charge in [0, 0.05) is 12.8 Å². The number of ketones is 1. The highest BCUT2D eigenvalue weighted by Crippen LogP contribution is 2.24. The van der Waals surface area contributed by atoms with Crippen LogP contribution in [0, 0.1) is 0 Å². The van der Waals surface area contributed by atoms with Crippen molar-refractivity contribution < 1.29 is 35.1 Å². The Morgan fingerprint density at radius 3 is 2.26 bits per heavy atom. The van der Waals surface area contributed by atoms with Crippen LogP contribution in [-0.2, 0) is 9.53 Å². The average molecular weight is 278 g/mol. The smallest absolute Gasteiger partial charge is 0.163 e. The monoisotopic (exact) mass is 278 g/mol. The Morgan fingerprint density at radius 2 is 1.74 bits per heavy atom. The zero-order valence-electron chi connectivity index (χ0n) is 11.0. The van der Waals surface area contributed by atoms with Gasteiger partial charge in [0.25, 0.3) is 0 Å². The number of ether oxygens (including phenoxy) is 1. The van der Waals surface area contributed by atoms with Crippen LogP contribution in [0.2, 0.25) is 0 Å². The van der Waals surface area contributed by atoms with Crippen molar-refractivity contribution in [2.24, 2.45) is 0 Å². The lowest BCUT2D eigenvalue weighted by Crippen LogP contribution is -2.57. The molecule has 0 spiro atoms. The summed E-state index contributed by atoms with van der Waals surface area (Å²) in [6.45, 7) is 3.08. The maximum absolute atomic E-state index is 11.3. The van der Waals surface area contributed by atoms with E-state index in [-0.39, 0.29) is 12.8 Å². The third-order valence-corrected chi connectivity index (χ3v) is 3.47. The van der Waals surface area contributed by atoms with Crippen LogP contribution < -0.4 is 0 Å². The molecule has 2 unspecified atom stereocenters. The first-order valence-corrected chi connectivity index (χ1v) is 6.38. The number of Topliss-reactive ketones (excluding diaryl/α,β-unsaturated/α-hetero) is 1. The maximum atomic E-state index is 11.3. The number of carbonyl (C=O) groups is 1. The SMILES string of the molecule is CCC(=O)[C@@H](O)[C@@H](O)C[C@@H]1O[C@@H](C)[C@@H](O)C(O)C1O. The van der Waals surface area contributed by atoms with Crippen LogP contribution in [0.5, 0.6) is 0 Å². The highest BCUT2D eigenvalue weighted by molar-refractivity contribution is 5.83. The fraction of sp³-hybridized carbons (Fsp3) is 0.917. The van der Waals surface area contributed by atoms with Crippen LogP contribution in [0.25, 0.3) is 0 Å². The molecule has 1 aliphatic rings. The Hall–Kier alpha value is -0.570. The van der Waals surface area contributed by atoms with E-state index in [9.17, 15) is 30.3 Å². The van der Waals surface area contributed by atoms with Crippen molar-refractivity contribution in [2.45, 2.75) is 69.4 Å². The molecule has 5 N–H and O–H groups in total. The van der Waals surface area contributed by atoms with E-state index < -0.39 is 48.5 Å². The summed E-state index contributed by atoms with van der Waals surface area (Å²) in [6.07, 6.45) is -8.71. The summed E-state index contributed by atoms with van der Waals surface area (Å²) in [5.74, 6) is -0.508.